The Morgan fingerprint density at radius 2 is 2.44 bits per heavy atom. The van der Waals surface area contributed by atoms with Gasteiger partial charge < -0.3 is 0 Å². The molecule has 0 aromatic carbocycles. The molecular formula is C4H5ClOS3. The van der Waals surface area contributed by atoms with E-state index in [1.807, 2.05) is 6.26 Å². The van der Waals surface area contributed by atoms with Gasteiger partial charge in [0.1, 0.15) is 0 Å². The summed E-state index contributed by atoms with van der Waals surface area (Å²) in [5.74, 6) is 0. The number of carbonyl (C=O) groups excluding carboxylic acids is 1. The molecule has 0 bridgehead atoms. The fourth-order valence-electron chi connectivity index (χ4n) is 0.165. The average molecular weight is 201 g/mol. The van der Waals surface area contributed by atoms with Crippen LogP contribution in [0, 0.1) is 0 Å². The largest absolute Gasteiger partial charge is 0.276 e. The highest BCUT2D eigenvalue weighted by atomic mass is 35.5. The van der Waals surface area contributed by atoms with Crippen LogP contribution in [-0.2, 0) is 24.5 Å². The maximum atomic E-state index is 10.1. The minimum atomic E-state index is -0.466. The average Bonchev–Trinajstić information content (AvgIpc) is 1.83. The highest BCUT2D eigenvalue weighted by molar-refractivity contribution is 8.83. The number of allylic oxidation sites excluding steroid dienone is 1. The van der Waals surface area contributed by atoms with E-state index in [2.05, 4.69) is 0 Å². The Balaban J connectivity index is 3.71. The van der Waals surface area contributed by atoms with Crippen LogP contribution in [0.2, 0.25) is 0 Å². The quantitative estimate of drug-likeness (QED) is 0.392. The molecule has 9 heavy (non-hydrogen) atoms. The maximum absolute atomic E-state index is 10.1. The smallest absolute Gasteiger partial charge is 0.245 e. The van der Waals surface area contributed by atoms with Crippen LogP contribution in [-0.4, -0.2) is 11.5 Å². The molecule has 0 amide bonds. The van der Waals surface area contributed by atoms with Crippen LogP contribution >= 0.6 is 22.4 Å². The molecule has 0 aliphatic rings. The summed E-state index contributed by atoms with van der Waals surface area (Å²) in [7, 11) is 1.23. The third-order valence-corrected chi connectivity index (χ3v) is 4.16. The van der Waals surface area contributed by atoms with E-state index >= 15 is 0 Å². The van der Waals surface area contributed by atoms with E-state index in [-0.39, 0.29) is 8.49 Å². The van der Waals surface area contributed by atoms with Crippen LogP contribution in [0.15, 0.2) is 11.5 Å². The van der Waals surface area contributed by atoms with Gasteiger partial charge in [0, 0.05) is 6.08 Å². The van der Waals surface area contributed by atoms with E-state index in [1.165, 1.54) is 16.9 Å². The fraction of sp³-hybridized carbons (Fsp3) is 0.250. The van der Waals surface area contributed by atoms with Crippen LogP contribution in [0.3, 0.4) is 0 Å². The molecule has 0 N–H and O–H groups in total. The highest BCUT2D eigenvalue weighted by Crippen LogP contribution is 2.03. The molecule has 0 aliphatic heterocycles. The third-order valence-electron chi connectivity index (χ3n) is 0.474. The molecule has 0 rings (SSSR count). The summed E-state index contributed by atoms with van der Waals surface area (Å²) in [6, 6.07) is 0. The molecule has 0 spiro atoms. The van der Waals surface area contributed by atoms with Gasteiger partial charge in [0.25, 0.3) is 0 Å². The van der Waals surface area contributed by atoms with Crippen molar-refractivity contribution in [3.63, 3.8) is 0 Å². The molecule has 0 aliphatic carbocycles. The van der Waals surface area contributed by atoms with Crippen LogP contribution in [0.4, 0.5) is 0 Å². The summed E-state index contributed by atoms with van der Waals surface area (Å²) in [6.45, 7) is 0. The van der Waals surface area contributed by atoms with Crippen LogP contribution in [0.25, 0.3) is 0 Å². The topological polar surface area (TPSA) is 17.1 Å². The highest BCUT2D eigenvalue weighted by Gasteiger charge is 1.86. The molecule has 1 nitrogen and oxygen atoms in total. The number of halogens is 1. The van der Waals surface area contributed by atoms with Gasteiger partial charge in [-0.1, -0.05) is 10.8 Å². The molecule has 1 atom stereocenters. The van der Waals surface area contributed by atoms with E-state index in [1.54, 1.807) is 5.41 Å². The molecule has 1 unspecified atom stereocenters. The second kappa shape index (κ2) is 5.41. The van der Waals surface area contributed by atoms with Crippen LogP contribution < -0.4 is 0 Å². The van der Waals surface area contributed by atoms with Gasteiger partial charge in [0.15, 0.2) is 0 Å². The lowest BCUT2D eigenvalue weighted by atomic mass is 10.7. The van der Waals surface area contributed by atoms with Crippen molar-refractivity contribution in [2.45, 2.75) is 0 Å². The van der Waals surface area contributed by atoms with Crippen LogP contribution in [0.5, 0.6) is 0 Å². The Kier molecular flexibility index (Phi) is 5.78. The van der Waals surface area contributed by atoms with E-state index in [9.17, 15) is 4.79 Å². The normalized spacial score (nSPS) is 14.0. The molecular weight excluding hydrogens is 196 g/mol. The first-order valence-corrected chi connectivity index (χ1v) is 6.32. The summed E-state index contributed by atoms with van der Waals surface area (Å²) >= 11 is 9.85. The van der Waals surface area contributed by atoms with Gasteiger partial charge in [-0.25, -0.2) is 0 Å². The van der Waals surface area contributed by atoms with Gasteiger partial charge in [0.05, 0.1) is 0 Å². The molecule has 0 radical (unpaired) electrons. The van der Waals surface area contributed by atoms with Crippen LogP contribution in [0.1, 0.15) is 0 Å². The van der Waals surface area contributed by atoms with Crippen molar-refractivity contribution >= 4 is 47.3 Å². The van der Waals surface area contributed by atoms with Crippen molar-refractivity contribution in [2.24, 2.45) is 0 Å². The minimum Gasteiger partial charge on any atom is -0.276 e. The Morgan fingerprint density at radius 3 is 2.78 bits per heavy atom. The third kappa shape index (κ3) is 6.51. The fourth-order valence-corrected chi connectivity index (χ4v) is 1.31. The first-order chi connectivity index (χ1) is 4.16. The monoisotopic (exact) mass is 200 g/mol. The molecule has 0 aromatic rings. The Morgan fingerprint density at radius 1 is 1.89 bits per heavy atom. The van der Waals surface area contributed by atoms with Gasteiger partial charge in [0.2, 0.25) is 5.24 Å². The number of carbonyl (C=O) groups is 1. The molecule has 0 heterocycles. The Hall–Kier alpha value is 0.620. The summed E-state index contributed by atoms with van der Waals surface area (Å²) in [6.07, 6.45) is 3.17. The van der Waals surface area contributed by atoms with Crippen molar-refractivity contribution in [1.82, 2.24) is 0 Å². The zero-order valence-electron chi connectivity index (χ0n) is 4.67. The minimum absolute atomic E-state index is 0.283. The van der Waals surface area contributed by atoms with Gasteiger partial charge in [-0.2, -0.15) is 0 Å². The van der Waals surface area contributed by atoms with Gasteiger partial charge in [-0.3, -0.25) is 4.79 Å². The summed E-state index contributed by atoms with van der Waals surface area (Å²) in [4.78, 5) is 10.1. The molecule has 0 aromatic heterocycles. The molecule has 52 valence electrons. The van der Waals surface area contributed by atoms with Gasteiger partial charge >= 0.3 is 0 Å². The zero-order valence-corrected chi connectivity index (χ0v) is 7.87. The summed E-state index contributed by atoms with van der Waals surface area (Å²) in [5, 5.41) is 1.15. The zero-order chi connectivity index (χ0) is 7.28. The molecule has 5 heteroatoms. The van der Waals surface area contributed by atoms with E-state index in [4.69, 9.17) is 22.8 Å². The lowest BCUT2D eigenvalue weighted by Crippen LogP contribution is -1.76. The Labute approximate surface area is 69.8 Å². The Bertz CT molecular complexity index is 154. The van der Waals surface area contributed by atoms with Gasteiger partial charge in [-0.15, -0.1) is 0 Å². The van der Waals surface area contributed by atoms with Crippen molar-refractivity contribution in [2.75, 3.05) is 6.26 Å². The van der Waals surface area contributed by atoms with E-state index in [0.29, 0.717) is 0 Å². The lowest BCUT2D eigenvalue weighted by Gasteiger charge is -1.86. The first kappa shape index (κ1) is 9.62. The number of hydrogen-bond donors (Lipinski definition) is 0. The van der Waals surface area contributed by atoms with Gasteiger partial charge in [-0.05, 0) is 42.9 Å². The number of hydrogen-bond acceptors (Lipinski definition) is 3. The lowest BCUT2D eigenvalue weighted by molar-refractivity contribution is -0.107. The molecule has 0 fully saturated rings. The van der Waals surface area contributed by atoms with Crippen molar-refractivity contribution in [3.05, 3.63) is 11.5 Å². The van der Waals surface area contributed by atoms with Crippen molar-refractivity contribution in [1.29, 1.82) is 0 Å². The SMILES string of the molecule is CSS(=S)/C=C/C(=O)Cl. The predicted octanol–water partition coefficient (Wildman–Crippen LogP) is 1.62. The van der Waals surface area contributed by atoms with E-state index in [0.717, 1.165) is 0 Å². The first-order valence-electron chi connectivity index (χ1n) is 1.99. The summed E-state index contributed by atoms with van der Waals surface area (Å²) < 4.78 is 0. The summed E-state index contributed by atoms with van der Waals surface area (Å²) in [5.41, 5.74) is 0. The maximum Gasteiger partial charge on any atom is 0.245 e. The standard InChI is InChI=1S/C4H5ClOS3/c1-8-9(7)3-2-4(5)6/h2-3H,1H3/b3-2+. The second-order valence-corrected chi connectivity index (χ2v) is 6.32. The van der Waals surface area contributed by atoms with E-state index < -0.39 is 5.24 Å². The second-order valence-electron chi connectivity index (χ2n) is 1.03. The molecule has 0 saturated heterocycles. The van der Waals surface area contributed by atoms with Crippen molar-refractivity contribution in [3.8, 4) is 0 Å². The predicted molar refractivity (Wildman–Crippen MR) is 48.2 cm³/mol. The number of rotatable bonds is 3. The molecule has 0 saturated carbocycles. The van der Waals surface area contributed by atoms with Crippen molar-refractivity contribution < 1.29 is 4.79 Å².